The monoisotopic (exact) mass is 1000 g/mol. The Morgan fingerprint density at radius 1 is 0.457 bits per heavy atom. The van der Waals surface area contributed by atoms with Crippen molar-refractivity contribution in [1.29, 1.82) is 0 Å². The molecule has 0 aromatic heterocycles. The number of carbonyl (C=O) groups excluding carboxylic acids is 2. The van der Waals surface area contributed by atoms with Gasteiger partial charge in [0.05, 0.1) is 27.7 Å². The standard InChI is InChI=1S/C60H108NO8P/c1-6-8-10-12-14-16-18-20-22-24-25-26-27-28-29-30-31-32-33-34-35-37-39-41-43-45-47-49-51-53-60(63)69-58(57-68-70(64,65)67-55-54-61(3,4)5)56-66-59(62)52-50-48-46-44-42-40-38-36-23-21-19-17-15-13-11-9-7-2/h9,11,15,17-18,20-21,23-25,27-28,58H,6-8,10,12-14,16,19,22,26,29-57H2,1-5H3/p+1/b11-9-,17-15-,20-18-,23-21-,25-24-,28-27-. The number of carbonyl (C=O) groups is 2. The number of quaternary nitrogens is 1. The molecular weight excluding hydrogens is 894 g/mol. The molecule has 0 aromatic rings. The maximum atomic E-state index is 12.8. The van der Waals surface area contributed by atoms with E-state index in [1.54, 1.807) is 0 Å². The number of likely N-dealkylation sites (N-methyl/N-ethyl adjacent to an activating group) is 1. The van der Waals surface area contributed by atoms with Gasteiger partial charge in [-0.25, -0.2) is 4.57 Å². The van der Waals surface area contributed by atoms with Gasteiger partial charge in [0.25, 0.3) is 0 Å². The van der Waals surface area contributed by atoms with E-state index in [4.69, 9.17) is 18.5 Å². The van der Waals surface area contributed by atoms with Gasteiger partial charge in [-0.1, -0.05) is 222 Å². The molecule has 0 aliphatic heterocycles. The Balaban J connectivity index is 4.14. The summed E-state index contributed by atoms with van der Waals surface area (Å²) in [6, 6.07) is 0. The zero-order valence-electron chi connectivity index (χ0n) is 46.0. The number of hydrogen-bond acceptors (Lipinski definition) is 7. The third kappa shape index (κ3) is 54.8. The van der Waals surface area contributed by atoms with Gasteiger partial charge < -0.3 is 18.9 Å². The first kappa shape index (κ1) is 67.5. The fourth-order valence-corrected chi connectivity index (χ4v) is 8.54. The first-order valence-electron chi connectivity index (χ1n) is 28.7. The molecule has 10 heteroatoms. The van der Waals surface area contributed by atoms with Crippen molar-refractivity contribution in [3.05, 3.63) is 72.9 Å². The van der Waals surface area contributed by atoms with E-state index < -0.39 is 26.5 Å². The smallest absolute Gasteiger partial charge is 0.462 e. The van der Waals surface area contributed by atoms with E-state index in [0.717, 1.165) is 83.5 Å². The van der Waals surface area contributed by atoms with Gasteiger partial charge in [-0.3, -0.25) is 18.6 Å². The molecule has 0 fully saturated rings. The third-order valence-corrected chi connectivity index (χ3v) is 13.2. The normalized spacial score (nSPS) is 13.9. The first-order chi connectivity index (χ1) is 34.0. The Hall–Kier alpha value is -2.55. The highest BCUT2D eigenvalue weighted by atomic mass is 31.2. The summed E-state index contributed by atoms with van der Waals surface area (Å²) in [5, 5.41) is 0. The Labute approximate surface area is 431 Å². The van der Waals surface area contributed by atoms with Crippen molar-refractivity contribution in [1.82, 2.24) is 0 Å². The van der Waals surface area contributed by atoms with Crippen molar-refractivity contribution in [2.45, 2.75) is 251 Å². The van der Waals surface area contributed by atoms with Crippen LogP contribution >= 0.6 is 7.82 Å². The number of phosphoric ester groups is 1. The molecule has 0 aliphatic rings. The molecule has 1 N–H and O–H groups in total. The summed E-state index contributed by atoms with van der Waals surface area (Å²) < 4.78 is 34.5. The van der Waals surface area contributed by atoms with Crippen LogP contribution in [0.1, 0.15) is 245 Å². The first-order valence-corrected chi connectivity index (χ1v) is 30.2. The Bertz CT molecular complexity index is 1410. The van der Waals surface area contributed by atoms with Crippen molar-refractivity contribution in [3.8, 4) is 0 Å². The molecule has 70 heavy (non-hydrogen) atoms. The minimum absolute atomic E-state index is 0.0275. The molecule has 0 saturated heterocycles. The molecule has 406 valence electrons. The van der Waals surface area contributed by atoms with E-state index in [-0.39, 0.29) is 32.0 Å². The maximum Gasteiger partial charge on any atom is 0.472 e. The zero-order valence-corrected chi connectivity index (χ0v) is 46.9. The Morgan fingerprint density at radius 3 is 1.21 bits per heavy atom. The zero-order chi connectivity index (χ0) is 51.3. The van der Waals surface area contributed by atoms with Crippen molar-refractivity contribution in [2.75, 3.05) is 47.5 Å². The molecule has 9 nitrogen and oxygen atoms in total. The van der Waals surface area contributed by atoms with E-state index in [2.05, 4.69) is 86.8 Å². The van der Waals surface area contributed by atoms with Crippen molar-refractivity contribution in [2.24, 2.45) is 0 Å². The molecule has 0 spiro atoms. The van der Waals surface area contributed by atoms with Gasteiger partial charge in [0, 0.05) is 12.8 Å². The largest absolute Gasteiger partial charge is 0.472 e. The summed E-state index contributed by atoms with van der Waals surface area (Å²) in [7, 11) is 1.47. The number of nitrogens with zero attached hydrogens (tertiary/aromatic N) is 1. The average Bonchev–Trinajstić information content (AvgIpc) is 3.32. The number of ether oxygens (including phenoxy) is 2. The maximum absolute atomic E-state index is 12.8. The molecule has 0 aliphatic carbocycles. The van der Waals surface area contributed by atoms with Gasteiger partial charge in [-0.15, -0.1) is 0 Å². The summed E-state index contributed by atoms with van der Waals surface area (Å²) >= 11 is 0. The van der Waals surface area contributed by atoms with E-state index in [1.807, 2.05) is 21.1 Å². The molecule has 2 atom stereocenters. The van der Waals surface area contributed by atoms with Crippen LogP contribution < -0.4 is 0 Å². The lowest BCUT2D eigenvalue weighted by molar-refractivity contribution is -0.870. The summed E-state index contributed by atoms with van der Waals surface area (Å²) in [5.41, 5.74) is 0. The minimum Gasteiger partial charge on any atom is -0.462 e. The lowest BCUT2D eigenvalue weighted by atomic mass is 10.0. The highest BCUT2D eigenvalue weighted by Crippen LogP contribution is 2.43. The SMILES string of the molecule is CC/C=C\C/C=C\C/C=C\CCCCCCCCCC(=O)OCC(COP(=O)(O)OCC[N+](C)(C)C)OC(=O)CCCCCCCCCCCCCCCC/C=C\C/C=C\C/C=C\CCCCCCC. The molecular formula is C60H109NO8P+. The lowest BCUT2D eigenvalue weighted by Crippen LogP contribution is -2.37. The van der Waals surface area contributed by atoms with Crippen LogP contribution in [0.2, 0.25) is 0 Å². The third-order valence-electron chi connectivity index (χ3n) is 12.2. The van der Waals surface area contributed by atoms with Crippen LogP contribution in [0.25, 0.3) is 0 Å². The van der Waals surface area contributed by atoms with Gasteiger partial charge in [0.1, 0.15) is 19.8 Å². The molecule has 0 aromatic carbocycles. The molecule has 0 saturated carbocycles. The summed E-state index contributed by atoms with van der Waals surface area (Å²) in [6.45, 7) is 4.31. The second-order valence-corrected chi connectivity index (χ2v) is 21.7. The number of phosphoric acid groups is 1. The fourth-order valence-electron chi connectivity index (χ4n) is 7.80. The molecule has 0 amide bonds. The van der Waals surface area contributed by atoms with Crippen molar-refractivity contribution >= 4 is 19.8 Å². The topological polar surface area (TPSA) is 108 Å². The lowest BCUT2D eigenvalue weighted by Gasteiger charge is -2.24. The van der Waals surface area contributed by atoms with Gasteiger partial charge in [0.2, 0.25) is 0 Å². The molecule has 0 bridgehead atoms. The van der Waals surface area contributed by atoms with Crippen LogP contribution in [0.3, 0.4) is 0 Å². The van der Waals surface area contributed by atoms with Crippen LogP contribution in [-0.2, 0) is 32.7 Å². The highest BCUT2D eigenvalue weighted by Gasteiger charge is 2.27. The number of unbranched alkanes of at least 4 members (excludes halogenated alkanes) is 26. The minimum atomic E-state index is -4.39. The quantitative estimate of drug-likeness (QED) is 0.0211. The van der Waals surface area contributed by atoms with Crippen LogP contribution in [0, 0.1) is 0 Å². The Kier molecular flexibility index (Phi) is 49.5. The van der Waals surface area contributed by atoms with Crippen molar-refractivity contribution in [3.63, 3.8) is 0 Å². The second kappa shape index (κ2) is 51.4. The number of allylic oxidation sites excluding steroid dienone is 12. The van der Waals surface area contributed by atoms with E-state index in [0.29, 0.717) is 17.4 Å². The Morgan fingerprint density at radius 2 is 0.814 bits per heavy atom. The van der Waals surface area contributed by atoms with Gasteiger partial charge in [-0.2, -0.15) is 0 Å². The second-order valence-electron chi connectivity index (χ2n) is 20.3. The molecule has 2 unspecified atom stereocenters. The van der Waals surface area contributed by atoms with E-state index in [9.17, 15) is 19.0 Å². The van der Waals surface area contributed by atoms with Crippen LogP contribution in [0.15, 0.2) is 72.9 Å². The summed E-state index contributed by atoms with van der Waals surface area (Å²) in [5.74, 6) is -0.807. The number of hydrogen-bond donors (Lipinski definition) is 1. The van der Waals surface area contributed by atoms with Gasteiger partial charge in [0.15, 0.2) is 6.10 Å². The van der Waals surface area contributed by atoms with Crippen molar-refractivity contribution < 1.29 is 42.1 Å². The molecule has 0 heterocycles. The summed E-state index contributed by atoms with van der Waals surface area (Å²) in [4.78, 5) is 35.6. The predicted molar refractivity (Wildman–Crippen MR) is 298 cm³/mol. The van der Waals surface area contributed by atoms with E-state index in [1.165, 1.54) is 128 Å². The average molecular weight is 1000 g/mol. The van der Waals surface area contributed by atoms with Crippen LogP contribution in [-0.4, -0.2) is 74.9 Å². The molecule has 0 rings (SSSR count). The van der Waals surface area contributed by atoms with Gasteiger partial charge in [-0.05, 0) is 83.5 Å². The van der Waals surface area contributed by atoms with Gasteiger partial charge >= 0.3 is 19.8 Å². The highest BCUT2D eigenvalue weighted by molar-refractivity contribution is 7.47. The molecule has 0 radical (unpaired) electrons. The van der Waals surface area contributed by atoms with E-state index >= 15 is 0 Å². The number of esters is 2. The summed E-state index contributed by atoms with van der Waals surface area (Å²) in [6.07, 6.45) is 66.8. The number of rotatable bonds is 52. The fraction of sp³-hybridized carbons (Fsp3) is 0.767. The van der Waals surface area contributed by atoms with Crippen LogP contribution in [0.5, 0.6) is 0 Å². The predicted octanol–water partition coefficient (Wildman–Crippen LogP) is 17.7. The van der Waals surface area contributed by atoms with Crippen LogP contribution in [0.4, 0.5) is 0 Å².